The molecule has 0 fully saturated rings. The maximum Gasteiger partial charge on any atom is -0.00974 e. The highest BCUT2D eigenvalue weighted by Gasteiger charge is 1.98. The summed E-state index contributed by atoms with van der Waals surface area (Å²) in [6.45, 7) is 10.00. The van der Waals surface area contributed by atoms with Crippen LogP contribution >= 0.6 is 0 Å². The summed E-state index contributed by atoms with van der Waals surface area (Å²) < 4.78 is 0. The lowest BCUT2D eigenvalue weighted by Crippen LogP contribution is -1.89. The van der Waals surface area contributed by atoms with Crippen LogP contribution in [0.25, 0.3) is 6.08 Å². The Hall–Kier alpha value is -1.52. The zero-order valence-corrected chi connectivity index (χ0v) is 10.5. The van der Waals surface area contributed by atoms with Gasteiger partial charge in [0, 0.05) is 0 Å². The van der Waals surface area contributed by atoms with Crippen LogP contribution in [0.5, 0.6) is 0 Å². The lowest BCUT2D eigenvalue weighted by atomic mass is 10.00. The first-order chi connectivity index (χ1) is 7.67. The fourth-order valence-electron chi connectivity index (χ4n) is 1.66. The summed E-state index contributed by atoms with van der Waals surface area (Å²) in [4.78, 5) is 0. The summed E-state index contributed by atoms with van der Waals surface area (Å²) in [6.07, 6.45) is 6.54. The van der Waals surface area contributed by atoms with Crippen LogP contribution < -0.4 is 0 Å². The van der Waals surface area contributed by atoms with Crippen molar-refractivity contribution >= 4 is 6.08 Å². The highest BCUT2D eigenvalue weighted by Crippen LogP contribution is 2.16. The minimum absolute atomic E-state index is 1.07. The first-order valence-corrected chi connectivity index (χ1v) is 5.81. The molecule has 0 N–H and O–H groups in total. The van der Waals surface area contributed by atoms with E-state index in [1.54, 1.807) is 0 Å². The average Bonchev–Trinajstić information content (AvgIpc) is 2.28. The number of hydrogen-bond acceptors (Lipinski definition) is 0. The van der Waals surface area contributed by atoms with Crippen molar-refractivity contribution in [3.05, 3.63) is 58.8 Å². The molecule has 0 nitrogen and oxygen atoms in total. The Labute approximate surface area is 99.0 Å². The van der Waals surface area contributed by atoms with Gasteiger partial charge in [-0.25, -0.2) is 0 Å². The number of rotatable bonds is 4. The van der Waals surface area contributed by atoms with Gasteiger partial charge in [0.2, 0.25) is 0 Å². The van der Waals surface area contributed by atoms with Crippen LogP contribution in [-0.2, 0) is 6.42 Å². The molecule has 1 aromatic rings. The second kappa shape index (κ2) is 6.15. The van der Waals surface area contributed by atoms with E-state index in [0.29, 0.717) is 0 Å². The Bertz CT molecular complexity index is 429. The van der Waals surface area contributed by atoms with Crippen molar-refractivity contribution in [1.29, 1.82) is 0 Å². The van der Waals surface area contributed by atoms with Gasteiger partial charge in [-0.15, -0.1) is 5.73 Å². The van der Waals surface area contributed by atoms with E-state index in [2.05, 4.69) is 56.5 Å². The summed E-state index contributed by atoms with van der Waals surface area (Å²) >= 11 is 0. The Balaban J connectivity index is 3.03. The average molecular weight is 212 g/mol. The van der Waals surface area contributed by atoms with E-state index in [9.17, 15) is 0 Å². The molecule has 16 heavy (non-hydrogen) atoms. The zero-order valence-electron chi connectivity index (χ0n) is 10.5. The Morgan fingerprint density at radius 2 is 2.19 bits per heavy atom. The standard InChI is InChI=1S/C16H20/c1-5-7-16-12-14(4)9-11-15(16)10-8-13(3)6-2/h8-12H,2,5,7H2,1,3-4H3/b10-8+. The molecule has 0 amide bonds. The lowest BCUT2D eigenvalue weighted by molar-refractivity contribution is 0.918. The normalized spacial score (nSPS) is 10.4. The Morgan fingerprint density at radius 3 is 2.81 bits per heavy atom. The van der Waals surface area contributed by atoms with E-state index in [4.69, 9.17) is 0 Å². The molecule has 84 valence electrons. The van der Waals surface area contributed by atoms with Gasteiger partial charge in [-0.2, -0.15) is 0 Å². The highest BCUT2D eigenvalue weighted by molar-refractivity contribution is 5.57. The van der Waals surface area contributed by atoms with Gasteiger partial charge in [0.15, 0.2) is 0 Å². The molecule has 0 heteroatoms. The van der Waals surface area contributed by atoms with E-state index in [1.807, 2.05) is 6.92 Å². The van der Waals surface area contributed by atoms with Gasteiger partial charge in [0.1, 0.15) is 0 Å². The SMILES string of the molecule is C=C=C(C)/C=C/c1ccc(C)cc1CCC. The van der Waals surface area contributed by atoms with Gasteiger partial charge in [-0.05, 0) is 37.0 Å². The molecular weight excluding hydrogens is 192 g/mol. The second-order valence-corrected chi connectivity index (χ2v) is 4.15. The molecule has 0 atom stereocenters. The number of allylic oxidation sites excluding steroid dienone is 2. The molecule has 1 rings (SSSR count). The largest absolute Gasteiger partial charge is 0.125 e. The van der Waals surface area contributed by atoms with Crippen LogP contribution in [0.2, 0.25) is 0 Å². The minimum Gasteiger partial charge on any atom is -0.125 e. The summed E-state index contributed by atoms with van der Waals surface area (Å²) in [5.41, 5.74) is 8.01. The molecule has 0 saturated heterocycles. The molecule has 0 heterocycles. The molecule has 0 aromatic heterocycles. The molecule has 0 saturated carbocycles. The third-order valence-corrected chi connectivity index (χ3v) is 2.61. The Kier molecular flexibility index (Phi) is 4.82. The molecule has 0 spiro atoms. The molecule has 0 aliphatic heterocycles. The minimum atomic E-state index is 1.07. The smallest absolute Gasteiger partial charge is 0.00974 e. The lowest BCUT2D eigenvalue weighted by Gasteiger charge is -2.06. The predicted octanol–water partition coefficient (Wildman–Crippen LogP) is 4.69. The predicted molar refractivity (Wildman–Crippen MR) is 72.5 cm³/mol. The van der Waals surface area contributed by atoms with E-state index < -0.39 is 0 Å². The van der Waals surface area contributed by atoms with Gasteiger partial charge in [-0.1, -0.05) is 55.8 Å². The molecule has 0 bridgehead atoms. The molecule has 1 aromatic carbocycles. The van der Waals surface area contributed by atoms with Crippen LogP contribution in [-0.4, -0.2) is 0 Å². The van der Waals surface area contributed by atoms with Crippen molar-refractivity contribution in [3.63, 3.8) is 0 Å². The maximum atomic E-state index is 3.63. The van der Waals surface area contributed by atoms with Crippen molar-refractivity contribution in [2.24, 2.45) is 0 Å². The number of benzene rings is 1. The Morgan fingerprint density at radius 1 is 1.44 bits per heavy atom. The third kappa shape index (κ3) is 3.56. The topological polar surface area (TPSA) is 0 Å². The van der Waals surface area contributed by atoms with Crippen molar-refractivity contribution in [2.75, 3.05) is 0 Å². The fourth-order valence-corrected chi connectivity index (χ4v) is 1.66. The molecule has 0 unspecified atom stereocenters. The van der Waals surface area contributed by atoms with E-state index in [0.717, 1.165) is 12.0 Å². The third-order valence-electron chi connectivity index (χ3n) is 2.61. The molecule has 0 aliphatic carbocycles. The highest BCUT2D eigenvalue weighted by atomic mass is 14.0. The van der Waals surface area contributed by atoms with Crippen LogP contribution in [0.3, 0.4) is 0 Å². The monoisotopic (exact) mass is 212 g/mol. The van der Waals surface area contributed by atoms with Gasteiger partial charge >= 0.3 is 0 Å². The first kappa shape index (κ1) is 12.5. The summed E-state index contributed by atoms with van der Waals surface area (Å²) in [5.74, 6) is 0. The van der Waals surface area contributed by atoms with Gasteiger partial charge in [-0.3, -0.25) is 0 Å². The zero-order chi connectivity index (χ0) is 12.0. The quantitative estimate of drug-likeness (QED) is 0.501. The van der Waals surface area contributed by atoms with Gasteiger partial charge in [0.25, 0.3) is 0 Å². The van der Waals surface area contributed by atoms with Gasteiger partial charge < -0.3 is 0 Å². The number of aryl methyl sites for hydroxylation is 2. The van der Waals surface area contributed by atoms with E-state index in [-0.39, 0.29) is 0 Å². The van der Waals surface area contributed by atoms with Crippen LogP contribution in [0, 0.1) is 6.92 Å². The first-order valence-electron chi connectivity index (χ1n) is 5.81. The van der Waals surface area contributed by atoms with Crippen molar-refractivity contribution in [3.8, 4) is 0 Å². The van der Waals surface area contributed by atoms with Crippen molar-refractivity contribution in [2.45, 2.75) is 33.6 Å². The second-order valence-electron chi connectivity index (χ2n) is 4.15. The van der Waals surface area contributed by atoms with E-state index in [1.165, 1.54) is 23.1 Å². The van der Waals surface area contributed by atoms with E-state index >= 15 is 0 Å². The molecular formula is C16H20. The van der Waals surface area contributed by atoms with Crippen molar-refractivity contribution in [1.82, 2.24) is 0 Å². The summed E-state index contributed by atoms with van der Waals surface area (Å²) in [7, 11) is 0. The van der Waals surface area contributed by atoms with Crippen LogP contribution in [0.1, 0.15) is 37.0 Å². The molecule has 0 radical (unpaired) electrons. The summed E-state index contributed by atoms with van der Waals surface area (Å²) in [5, 5.41) is 0. The van der Waals surface area contributed by atoms with Crippen LogP contribution in [0.15, 0.2) is 42.2 Å². The summed E-state index contributed by atoms with van der Waals surface area (Å²) in [6, 6.07) is 6.62. The fraction of sp³-hybridized carbons (Fsp3) is 0.312. The molecule has 0 aliphatic rings. The maximum absolute atomic E-state index is 3.63. The number of hydrogen-bond donors (Lipinski definition) is 0. The van der Waals surface area contributed by atoms with Crippen molar-refractivity contribution < 1.29 is 0 Å². The van der Waals surface area contributed by atoms with Gasteiger partial charge in [0.05, 0.1) is 0 Å². The van der Waals surface area contributed by atoms with Crippen LogP contribution in [0.4, 0.5) is 0 Å².